The van der Waals surface area contributed by atoms with Crippen LogP contribution in [0.15, 0.2) is 43.4 Å². The lowest BCUT2D eigenvalue weighted by atomic mass is 10.3. The molecule has 1 N–H and O–H groups in total. The zero-order valence-electron chi connectivity index (χ0n) is 12.3. The molecule has 0 saturated heterocycles. The Hall–Kier alpha value is -2.63. The normalized spacial score (nSPS) is 10.2. The zero-order chi connectivity index (χ0) is 15.2. The minimum Gasteiger partial charge on any atom is -0.334 e. The highest BCUT2D eigenvalue weighted by molar-refractivity contribution is 5.92. The number of carbonyl (C=O) groups excluding carboxylic acids is 1. The molecule has 2 heterocycles. The molecule has 0 saturated carbocycles. The van der Waals surface area contributed by atoms with Gasteiger partial charge in [-0.3, -0.25) is 9.88 Å². The van der Waals surface area contributed by atoms with Crippen LogP contribution in [-0.4, -0.2) is 33.9 Å². The van der Waals surface area contributed by atoms with Crippen LogP contribution >= 0.6 is 0 Å². The lowest BCUT2D eigenvalue weighted by molar-refractivity contribution is 0.247. The smallest absolute Gasteiger partial charge is 0.322 e. The SMILES string of the molecule is C=CCNC(=O)N(CC)c1cn(-c2cccnc2)nc1C. The Morgan fingerprint density at radius 3 is 3.00 bits per heavy atom. The Morgan fingerprint density at radius 1 is 1.57 bits per heavy atom. The van der Waals surface area contributed by atoms with Gasteiger partial charge in [-0.05, 0) is 26.0 Å². The van der Waals surface area contributed by atoms with Gasteiger partial charge in [0, 0.05) is 19.3 Å². The minimum absolute atomic E-state index is 0.161. The summed E-state index contributed by atoms with van der Waals surface area (Å²) < 4.78 is 1.72. The maximum Gasteiger partial charge on any atom is 0.322 e. The molecule has 6 nitrogen and oxygen atoms in total. The summed E-state index contributed by atoms with van der Waals surface area (Å²) in [6.07, 6.45) is 6.92. The minimum atomic E-state index is -0.161. The van der Waals surface area contributed by atoms with Gasteiger partial charge in [0.1, 0.15) is 0 Å². The summed E-state index contributed by atoms with van der Waals surface area (Å²) in [6, 6.07) is 3.60. The van der Waals surface area contributed by atoms with E-state index in [-0.39, 0.29) is 6.03 Å². The van der Waals surface area contributed by atoms with Crippen LogP contribution in [0.2, 0.25) is 0 Å². The van der Waals surface area contributed by atoms with Gasteiger partial charge in [-0.15, -0.1) is 6.58 Å². The third-order valence-corrected chi connectivity index (χ3v) is 3.03. The van der Waals surface area contributed by atoms with Crippen LogP contribution in [0, 0.1) is 6.92 Å². The third kappa shape index (κ3) is 3.28. The van der Waals surface area contributed by atoms with Crippen molar-refractivity contribution in [2.45, 2.75) is 13.8 Å². The first-order chi connectivity index (χ1) is 10.2. The molecule has 2 aromatic heterocycles. The predicted octanol–water partition coefficient (Wildman–Crippen LogP) is 2.30. The first-order valence-electron chi connectivity index (χ1n) is 6.80. The highest BCUT2D eigenvalue weighted by Crippen LogP contribution is 2.20. The number of carbonyl (C=O) groups is 1. The van der Waals surface area contributed by atoms with Crippen LogP contribution < -0.4 is 10.2 Å². The highest BCUT2D eigenvalue weighted by atomic mass is 16.2. The summed E-state index contributed by atoms with van der Waals surface area (Å²) in [5.74, 6) is 0. The average molecular weight is 285 g/mol. The number of nitrogens with one attached hydrogen (secondary N) is 1. The van der Waals surface area contributed by atoms with Crippen LogP contribution in [-0.2, 0) is 0 Å². The third-order valence-electron chi connectivity index (χ3n) is 3.03. The van der Waals surface area contributed by atoms with Crippen LogP contribution in [0.1, 0.15) is 12.6 Å². The van der Waals surface area contributed by atoms with Crippen LogP contribution in [0.25, 0.3) is 5.69 Å². The van der Waals surface area contributed by atoms with Crippen molar-refractivity contribution in [1.82, 2.24) is 20.1 Å². The van der Waals surface area contributed by atoms with E-state index >= 15 is 0 Å². The maximum absolute atomic E-state index is 12.1. The fraction of sp³-hybridized carbons (Fsp3) is 0.267. The Kier molecular flexibility index (Phi) is 4.71. The maximum atomic E-state index is 12.1. The molecule has 21 heavy (non-hydrogen) atoms. The molecule has 0 aliphatic rings. The first kappa shape index (κ1) is 14.8. The van der Waals surface area contributed by atoms with E-state index in [1.807, 2.05) is 32.2 Å². The van der Waals surface area contributed by atoms with Crippen LogP contribution in [0.4, 0.5) is 10.5 Å². The summed E-state index contributed by atoms with van der Waals surface area (Å²) in [7, 11) is 0. The van der Waals surface area contributed by atoms with Gasteiger partial charge in [0.15, 0.2) is 0 Å². The van der Waals surface area contributed by atoms with Crippen molar-refractivity contribution in [3.63, 3.8) is 0 Å². The van der Waals surface area contributed by atoms with E-state index in [0.717, 1.165) is 17.1 Å². The van der Waals surface area contributed by atoms with Crippen molar-refractivity contribution in [1.29, 1.82) is 0 Å². The lowest BCUT2D eigenvalue weighted by Crippen LogP contribution is -2.40. The second-order valence-corrected chi connectivity index (χ2v) is 4.47. The topological polar surface area (TPSA) is 63.1 Å². The molecule has 0 spiro atoms. The molecule has 0 radical (unpaired) electrons. The largest absolute Gasteiger partial charge is 0.334 e. The summed E-state index contributed by atoms with van der Waals surface area (Å²) in [4.78, 5) is 17.9. The fourth-order valence-corrected chi connectivity index (χ4v) is 2.02. The van der Waals surface area contributed by atoms with Gasteiger partial charge < -0.3 is 5.32 Å². The molecule has 0 aliphatic carbocycles. The molecule has 0 unspecified atom stereocenters. The van der Waals surface area contributed by atoms with Crippen molar-refractivity contribution in [3.05, 3.63) is 49.1 Å². The number of amides is 2. The molecule has 0 bridgehead atoms. The van der Waals surface area contributed by atoms with Crippen molar-refractivity contribution >= 4 is 11.7 Å². The van der Waals surface area contributed by atoms with Crippen molar-refractivity contribution < 1.29 is 4.79 Å². The van der Waals surface area contributed by atoms with Crippen molar-refractivity contribution in [3.8, 4) is 5.69 Å². The Bertz CT molecular complexity index is 620. The van der Waals surface area contributed by atoms with E-state index in [0.29, 0.717) is 13.1 Å². The quantitative estimate of drug-likeness (QED) is 0.857. The van der Waals surface area contributed by atoms with Gasteiger partial charge in [0.05, 0.1) is 29.5 Å². The molecule has 2 rings (SSSR count). The van der Waals surface area contributed by atoms with E-state index in [9.17, 15) is 4.79 Å². The van der Waals surface area contributed by atoms with E-state index in [1.165, 1.54) is 0 Å². The summed E-state index contributed by atoms with van der Waals surface area (Å²) in [5.41, 5.74) is 2.42. The number of hydrogen-bond acceptors (Lipinski definition) is 3. The van der Waals surface area contributed by atoms with E-state index in [4.69, 9.17) is 0 Å². The second kappa shape index (κ2) is 6.69. The number of nitrogens with zero attached hydrogens (tertiary/aromatic N) is 4. The van der Waals surface area contributed by atoms with Crippen molar-refractivity contribution in [2.75, 3.05) is 18.0 Å². The monoisotopic (exact) mass is 285 g/mol. The fourth-order valence-electron chi connectivity index (χ4n) is 2.02. The second-order valence-electron chi connectivity index (χ2n) is 4.47. The first-order valence-corrected chi connectivity index (χ1v) is 6.80. The van der Waals surface area contributed by atoms with E-state index in [1.54, 1.807) is 28.1 Å². The van der Waals surface area contributed by atoms with E-state index < -0.39 is 0 Å². The van der Waals surface area contributed by atoms with Gasteiger partial charge in [0.25, 0.3) is 0 Å². The summed E-state index contributed by atoms with van der Waals surface area (Å²) >= 11 is 0. The van der Waals surface area contributed by atoms with Gasteiger partial charge in [-0.2, -0.15) is 5.10 Å². The number of rotatable bonds is 5. The molecule has 6 heteroatoms. The van der Waals surface area contributed by atoms with Crippen LogP contribution in [0.5, 0.6) is 0 Å². The predicted molar refractivity (Wildman–Crippen MR) is 82.7 cm³/mol. The van der Waals surface area contributed by atoms with E-state index in [2.05, 4.69) is 22.0 Å². The molecule has 2 amide bonds. The molecule has 0 aromatic carbocycles. The molecular weight excluding hydrogens is 266 g/mol. The van der Waals surface area contributed by atoms with Gasteiger partial charge >= 0.3 is 6.03 Å². The number of hydrogen-bond donors (Lipinski definition) is 1. The number of aromatic nitrogens is 3. The Balaban J connectivity index is 2.28. The molecule has 0 aliphatic heterocycles. The summed E-state index contributed by atoms with van der Waals surface area (Å²) in [6.45, 7) is 8.39. The molecule has 110 valence electrons. The zero-order valence-corrected chi connectivity index (χ0v) is 12.3. The van der Waals surface area contributed by atoms with Gasteiger partial charge in [-0.1, -0.05) is 6.08 Å². The Morgan fingerprint density at radius 2 is 2.38 bits per heavy atom. The molecule has 0 atom stereocenters. The molecule has 0 fully saturated rings. The number of pyridine rings is 1. The standard InChI is InChI=1S/C15H19N5O/c1-4-8-17-15(21)19(5-2)14-11-20(18-12(14)3)13-7-6-9-16-10-13/h4,6-7,9-11H,1,5,8H2,2-3H3,(H,17,21). The number of aryl methyl sites for hydroxylation is 1. The number of urea groups is 1. The van der Waals surface area contributed by atoms with Crippen molar-refractivity contribution in [2.24, 2.45) is 0 Å². The van der Waals surface area contributed by atoms with Gasteiger partial charge in [0.2, 0.25) is 0 Å². The van der Waals surface area contributed by atoms with Crippen LogP contribution in [0.3, 0.4) is 0 Å². The molecular formula is C15H19N5O. The highest BCUT2D eigenvalue weighted by Gasteiger charge is 2.18. The Labute approximate surface area is 124 Å². The van der Waals surface area contributed by atoms with Gasteiger partial charge in [-0.25, -0.2) is 9.48 Å². The lowest BCUT2D eigenvalue weighted by Gasteiger charge is -2.20. The summed E-state index contributed by atoms with van der Waals surface area (Å²) in [5, 5.41) is 7.22. The average Bonchev–Trinajstić information content (AvgIpc) is 2.89. The molecule has 2 aromatic rings. The number of anilines is 1.